The highest BCUT2D eigenvalue weighted by Crippen LogP contribution is 2.30. The highest BCUT2D eigenvalue weighted by molar-refractivity contribution is 6.35. The number of aromatic nitrogens is 1. The molecule has 3 aromatic rings. The summed E-state index contributed by atoms with van der Waals surface area (Å²) in [6.07, 6.45) is 1.57. The summed E-state index contributed by atoms with van der Waals surface area (Å²) in [6, 6.07) is 18.3. The summed E-state index contributed by atoms with van der Waals surface area (Å²) in [5, 5.41) is 1.02. The first-order chi connectivity index (χ1) is 12.5. The lowest BCUT2D eigenvalue weighted by molar-refractivity contribution is 0.0965. The number of ketones is 1. The fraction of sp³-hybridized carbons (Fsp3) is 0.143. The number of rotatable bonds is 6. The maximum Gasteiger partial charge on any atom is 0.214 e. The van der Waals surface area contributed by atoms with Crippen molar-refractivity contribution in [2.75, 3.05) is 0 Å². The quantitative estimate of drug-likeness (QED) is 0.491. The zero-order chi connectivity index (χ0) is 18.5. The van der Waals surface area contributed by atoms with Gasteiger partial charge in [0.15, 0.2) is 5.78 Å². The average Bonchev–Trinajstić information content (AvgIpc) is 2.66. The van der Waals surface area contributed by atoms with E-state index in [9.17, 15) is 4.79 Å². The minimum Gasteiger partial charge on any atom is -0.473 e. The predicted octanol–water partition coefficient (Wildman–Crippen LogP) is 5.95. The van der Waals surface area contributed by atoms with E-state index >= 15 is 0 Å². The van der Waals surface area contributed by atoms with Crippen LogP contribution < -0.4 is 4.74 Å². The lowest BCUT2D eigenvalue weighted by atomic mass is 9.93. The van der Waals surface area contributed by atoms with Gasteiger partial charge in [0.25, 0.3) is 0 Å². The third-order valence-electron chi connectivity index (χ3n) is 4.07. The molecule has 1 unspecified atom stereocenters. The van der Waals surface area contributed by atoms with Crippen LogP contribution in [-0.4, -0.2) is 10.8 Å². The largest absolute Gasteiger partial charge is 0.473 e. The second kappa shape index (κ2) is 8.35. The highest BCUT2D eigenvalue weighted by atomic mass is 35.5. The van der Waals surface area contributed by atoms with Gasteiger partial charge in [-0.15, -0.1) is 0 Å². The second-order valence-corrected chi connectivity index (χ2v) is 6.75. The van der Waals surface area contributed by atoms with E-state index in [0.717, 1.165) is 11.1 Å². The SMILES string of the molecule is CC(C(=O)c1ccnc(OCc2ccccc2)c1)c1ccc(Cl)cc1Cl. The summed E-state index contributed by atoms with van der Waals surface area (Å²) in [5.74, 6) is -0.0422. The first kappa shape index (κ1) is 18.4. The lowest BCUT2D eigenvalue weighted by Crippen LogP contribution is -2.11. The first-order valence-electron chi connectivity index (χ1n) is 8.16. The fourth-order valence-electron chi connectivity index (χ4n) is 2.62. The van der Waals surface area contributed by atoms with Crippen LogP contribution >= 0.6 is 23.2 Å². The van der Waals surface area contributed by atoms with E-state index in [4.69, 9.17) is 27.9 Å². The Morgan fingerprint density at radius 1 is 1.08 bits per heavy atom. The molecule has 0 aliphatic rings. The van der Waals surface area contributed by atoms with Gasteiger partial charge in [-0.05, 0) is 29.3 Å². The monoisotopic (exact) mass is 385 g/mol. The van der Waals surface area contributed by atoms with Crippen LogP contribution in [0.2, 0.25) is 10.0 Å². The second-order valence-electron chi connectivity index (χ2n) is 5.91. The van der Waals surface area contributed by atoms with Crippen molar-refractivity contribution in [2.45, 2.75) is 19.4 Å². The molecule has 0 saturated carbocycles. The molecule has 0 aliphatic heterocycles. The summed E-state index contributed by atoms with van der Waals surface area (Å²) in [7, 11) is 0. The molecule has 5 heteroatoms. The standard InChI is InChI=1S/C21H17Cl2NO2/c1-14(18-8-7-17(22)12-19(18)23)21(25)16-9-10-24-20(11-16)26-13-15-5-3-2-4-6-15/h2-12,14H,13H2,1H3. The van der Waals surface area contributed by atoms with Crippen LogP contribution in [0.5, 0.6) is 5.88 Å². The maximum atomic E-state index is 12.8. The number of pyridine rings is 1. The molecule has 0 bridgehead atoms. The Labute approximate surface area is 162 Å². The van der Waals surface area contributed by atoms with E-state index in [1.54, 1.807) is 36.5 Å². The lowest BCUT2D eigenvalue weighted by Gasteiger charge is -2.13. The highest BCUT2D eigenvalue weighted by Gasteiger charge is 2.20. The zero-order valence-electron chi connectivity index (χ0n) is 14.2. The Morgan fingerprint density at radius 2 is 1.85 bits per heavy atom. The van der Waals surface area contributed by atoms with Crippen molar-refractivity contribution >= 4 is 29.0 Å². The Balaban J connectivity index is 1.75. The molecule has 2 aromatic carbocycles. The molecule has 0 radical (unpaired) electrons. The van der Waals surface area contributed by atoms with Crippen molar-refractivity contribution in [1.82, 2.24) is 4.98 Å². The third kappa shape index (κ3) is 4.43. The van der Waals surface area contributed by atoms with Gasteiger partial charge in [0.1, 0.15) is 6.61 Å². The summed E-state index contributed by atoms with van der Waals surface area (Å²) < 4.78 is 5.70. The molecule has 1 heterocycles. The van der Waals surface area contributed by atoms with Gasteiger partial charge in [-0.25, -0.2) is 4.98 Å². The van der Waals surface area contributed by atoms with Crippen LogP contribution in [0.15, 0.2) is 66.9 Å². The molecule has 0 N–H and O–H groups in total. The van der Waals surface area contributed by atoms with Gasteiger partial charge < -0.3 is 4.74 Å². The summed E-state index contributed by atoms with van der Waals surface area (Å²) in [5.41, 5.74) is 2.30. The Hall–Kier alpha value is -2.36. The van der Waals surface area contributed by atoms with Crippen molar-refractivity contribution in [3.05, 3.63) is 93.6 Å². The van der Waals surface area contributed by atoms with E-state index in [0.29, 0.717) is 28.1 Å². The minimum atomic E-state index is -0.399. The van der Waals surface area contributed by atoms with Crippen LogP contribution in [0.4, 0.5) is 0 Å². The normalized spacial score (nSPS) is 11.8. The molecule has 3 nitrogen and oxygen atoms in total. The smallest absolute Gasteiger partial charge is 0.214 e. The number of halogens is 2. The van der Waals surface area contributed by atoms with Crippen LogP contribution in [0.25, 0.3) is 0 Å². The van der Waals surface area contributed by atoms with Crippen molar-refractivity contribution in [3.63, 3.8) is 0 Å². The van der Waals surface area contributed by atoms with Crippen LogP contribution in [0.1, 0.15) is 34.3 Å². The molecule has 0 spiro atoms. The van der Waals surface area contributed by atoms with Crippen molar-refractivity contribution in [1.29, 1.82) is 0 Å². The van der Waals surface area contributed by atoms with Crippen LogP contribution in [-0.2, 0) is 6.61 Å². The minimum absolute atomic E-state index is 0.0545. The van der Waals surface area contributed by atoms with Gasteiger partial charge in [-0.1, -0.05) is 66.5 Å². The number of carbonyl (C=O) groups excluding carboxylic acids is 1. The number of hydrogen-bond donors (Lipinski definition) is 0. The molecule has 26 heavy (non-hydrogen) atoms. The third-order valence-corrected chi connectivity index (χ3v) is 4.63. The van der Waals surface area contributed by atoms with E-state index in [1.165, 1.54) is 0 Å². The zero-order valence-corrected chi connectivity index (χ0v) is 15.7. The van der Waals surface area contributed by atoms with E-state index in [-0.39, 0.29) is 5.78 Å². The number of hydrogen-bond acceptors (Lipinski definition) is 3. The fourth-order valence-corrected chi connectivity index (χ4v) is 3.19. The van der Waals surface area contributed by atoms with Crippen molar-refractivity contribution in [3.8, 4) is 5.88 Å². The van der Waals surface area contributed by atoms with Crippen LogP contribution in [0.3, 0.4) is 0 Å². The molecule has 1 atom stereocenters. The topological polar surface area (TPSA) is 39.2 Å². The van der Waals surface area contributed by atoms with E-state index in [2.05, 4.69) is 4.98 Å². The summed E-state index contributed by atoms with van der Waals surface area (Å²) >= 11 is 12.2. The number of carbonyl (C=O) groups is 1. The van der Waals surface area contributed by atoms with Crippen molar-refractivity contribution in [2.24, 2.45) is 0 Å². The van der Waals surface area contributed by atoms with Gasteiger partial charge in [0.2, 0.25) is 5.88 Å². The Morgan fingerprint density at radius 3 is 2.58 bits per heavy atom. The number of benzene rings is 2. The summed E-state index contributed by atoms with van der Waals surface area (Å²) in [4.78, 5) is 17.0. The molecule has 0 fully saturated rings. The first-order valence-corrected chi connectivity index (χ1v) is 8.92. The molecule has 0 aliphatic carbocycles. The van der Waals surface area contributed by atoms with Crippen LogP contribution in [0, 0.1) is 0 Å². The maximum absolute atomic E-state index is 12.8. The number of nitrogens with zero attached hydrogens (tertiary/aromatic N) is 1. The molecule has 0 saturated heterocycles. The molecular weight excluding hydrogens is 369 g/mol. The Kier molecular flexibility index (Phi) is 5.92. The van der Waals surface area contributed by atoms with Gasteiger partial charge in [0.05, 0.1) is 0 Å². The van der Waals surface area contributed by atoms with Crippen molar-refractivity contribution < 1.29 is 9.53 Å². The molecular formula is C21H17Cl2NO2. The summed E-state index contributed by atoms with van der Waals surface area (Å²) in [6.45, 7) is 2.21. The molecule has 3 rings (SSSR count). The van der Waals surface area contributed by atoms with E-state index < -0.39 is 5.92 Å². The number of ether oxygens (including phenoxy) is 1. The van der Waals surface area contributed by atoms with Gasteiger partial charge >= 0.3 is 0 Å². The Bertz CT molecular complexity index is 913. The van der Waals surface area contributed by atoms with E-state index in [1.807, 2.05) is 37.3 Å². The van der Waals surface area contributed by atoms with Gasteiger partial charge in [-0.2, -0.15) is 0 Å². The van der Waals surface area contributed by atoms with Gasteiger partial charge in [0, 0.05) is 33.8 Å². The predicted molar refractivity (Wildman–Crippen MR) is 104 cm³/mol. The molecule has 1 aromatic heterocycles. The van der Waals surface area contributed by atoms with Gasteiger partial charge in [-0.3, -0.25) is 4.79 Å². The average molecular weight is 386 g/mol. The molecule has 132 valence electrons. The molecule has 0 amide bonds. The number of Topliss-reactive ketones (excluding diaryl/α,β-unsaturated/α-hetero) is 1.